The zero-order valence-electron chi connectivity index (χ0n) is 17.9. The highest BCUT2D eigenvalue weighted by molar-refractivity contribution is 6.10. The fourth-order valence-electron chi connectivity index (χ4n) is 3.52. The third-order valence-corrected chi connectivity index (χ3v) is 5.07. The van der Waals surface area contributed by atoms with E-state index in [4.69, 9.17) is 9.84 Å². The molecule has 0 aliphatic carbocycles. The number of nitrogens with zero attached hydrogens (tertiary/aromatic N) is 3. The van der Waals surface area contributed by atoms with Gasteiger partial charge in [0, 0.05) is 25.6 Å². The van der Waals surface area contributed by atoms with Gasteiger partial charge in [0.15, 0.2) is 0 Å². The average molecular weight is 428 g/mol. The van der Waals surface area contributed by atoms with Crippen LogP contribution in [-0.4, -0.2) is 35.0 Å². The summed E-state index contributed by atoms with van der Waals surface area (Å²) in [6.45, 7) is 4.43. The number of carbonyl (C=O) groups is 1. The Labute approximate surface area is 187 Å². The zero-order chi connectivity index (χ0) is 22.3. The highest BCUT2D eigenvalue weighted by Gasteiger charge is 2.23. The van der Waals surface area contributed by atoms with Crippen molar-refractivity contribution in [1.29, 1.82) is 0 Å². The number of benzene rings is 2. The van der Waals surface area contributed by atoms with Crippen LogP contribution in [0.3, 0.4) is 0 Å². The predicted molar refractivity (Wildman–Crippen MR) is 127 cm³/mol. The van der Waals surface area contributed by atoms with Crippen LogP contribution in [-0.2, 0) is 11.3 Å². The lowest BCUT2D eigenvalue weighted by atomic mass is 10.0. The van der Waals surface area contributed by atoms with Gasteiger partial charge in [-0.1, -0.05) is 30.9 Å². The van der Waals surface area contributed by atoms with Crippen molar-refractivity contribution in [3.63, 3.8) is 0 Å². The Kier molecular flexibility index (Phi) is 6.46. The SMILES string of the molecule is C=CC(=O)NCCn1nc(-c2ccc(Oc3ccccc3)cc2)c2c1NC=CCC2=NC. The normalized spacial score (nSPS) is 13.7. The van der Waals surface area contributed by atoms with E-state index in [9.17, 15) is 4.79 Å². The first-order valence-electron chi connectivity index (χ1n) is 10.4. The summed E-state index contributed by atoms with van der Waals surface area (Å²) in [6.07, 6.45) is 5.90. The number of hydrogen-bond donors (Lipinski definition) is 2. The summed E-state index contributed by atoms with van der Waals surface area (Å²) in [7, 11) is 1.79. The van der Waals surface area contributed by atoms with Crippen molar-refractivity contribution >= 4 is 17.4 Å². The molecule has 1 aromatic heterocycles. The second-order valence-electron chi connectivity index (χ2n) is 7.15. The number of aliphatic imine (C=N–C) groups is 1. The number of rotatable bonds is 7. The molecule has 2 heterocycles. The van der Waals surface area contributed by atoms with Gasteiger partial charge in [-0.25, -0.2) is 4.68 Å². The third-order valence-electron chi connectivity index (χ3n) is 5.07. The molecule has 2 N–H and O–H groups in total. The molecule has 0 saturated carbocycles. The van der Waals surface area contributed by atoms with Gasteiger partial charge >= 0.3 is 0 Å². The maximum atomic E-state index is 11.5. The van der Waals surface area contributed by atoms with Crippen molar-refractivity contribution in [2.24, 2.45) is 4.99 Å². The van der Waals surface area contributed by atoms with Crippen LogP contribution in [0.2, 0.25) is 0 Å². The van der Waals surface area contributed by atoms with E-state index in [1.807, 2.05) is 71.6 Å². The van der Waals surface area contributed by atoms with Crippen LogP contribution in [0.4, 0.5) is 5.82 Å². The molecule has 2 aromatic carbocycles. The van der Waals surface area contributed by atoms with Crippen LogP contribution in [0.15, 0.2) is 84.5 Å². The topological polar surface area (TPSA) is 80.5 Å². The quantitative estimate of drug-likeness (QED) is 0.548. The lowest BCUT2D eigenvalue weighted by Gasteiger charge is -2.09. The highest BCUT2D eigenvalue weighted by Crippen LogP contribution is 2.33. The zero-order valence-corrected chi connectivity index (χ0v) is 17.9. The minimum Gasteiger partial charge on any atom is -0.457 e. The van der Waals surface area contributed by atoms with Crippen molar-refractivity contribution in [2.75, 3.05) is 18.9 Å². The molecule has 7 nitrogen and oxygen atoms in total. The van der Waals surface area contributed by atoms with E-state index in [2.05, 4.69) is 22.2 Å². The molecule has 7 heteroatoms. The lowest BCUT2D eigenvalue weighted by molar-refractivity contribution is -0.116. The van der Waals surface area contributed by atoms with Crippen molar-refractivity contribution in [1.82, 2.24) is 15.1 Å². The molecular weight excluding hydrogens is 402 g/mol. The minimum atomic E-state index is -0.207. The number of para-hydroxylation sites is 1. The molecule has 3 aromatic rings. The summed E-state index contributed by atoms with van der Waals surface area (Å²) in [4.78, 5) is 16.0. The lowest BCUT2D eigenvalue weighted by Crippen LogP contribution is -2.26. The Morgan fingerprint density at radius 1 is 1.22 bits per heavy atom. The molecule has 1 aliphatic rings. The molecule has 162 valence electrons. The Morgan fingerprint density at radius 2 is 1.97 bits per heavy atom. The number of anilines is 1. The molecule has 0 saturated heterocycles. The van der Waals surface area contributed by atoms with Gasteiger partial charge in [-0.2, -0.15) is 5.10 Å². The van der Waals surface area contributed by atoms with Crippen molar-refractivity contribution < 1.29 is 9.53 Å². The average Bonchev–Trinajstić information content (AvgIpc) is 3.04. The van der Waals surface area contributed by atoms with Gasteiger partial charge in [-0.15, -0.1) is 0 Å². The highest BCUT2D eigenvalue weighted by atomic mass is 16.5. The van der Waals surface area contributed by atoms with Crippen molar-refractivity contribution in [3.8, 4) is 22.8 Å². The van der Waals surface area contributed by atoms with E-state index >= 15 is 0 Å². The van der Waals surface area contributed by atoms with Gasteiger partial charge < -0.3 is 15.4 Å². The maximum Gasteiger partial charge on any atom is 0.243 e. The molecule has 32 heavy (non-hydrogen) atoms. The number of carbonyl (C=O) groups excluding carboxylic acids is 1. The molecule has 0 radical (unpaired) electrons. The summed E-state index contributed by atoms with van der Waals surface area (Å²) in [5, 5.41) is 11.0. The number of amides is 1. The van der Waals surface area contributed by atoms with E-state index in [-0.39, 0.29) is 5.91 Å². The molecule has 4 rings (SSSR count). The van der Waals surface area contributed by atoms with E-state index in [1.165, 1.54) is 6.08 Å². The maximum absolute atomic E-state index is 11.5. The molecular formula is C25H25N5O2. The fraction of sp³-hybridized carbons (Fsp3) is 0.160. The van der Waals surface area contributed by atoms with Crippen LogP contribution in [0, 0.1) is 0 Å². The standard InChI is InChI=1S/C25H25N5O2/c1-3-22(31)27-16-17-30-25-23(21(26-2)10-7-15-28-25)24(29-30)18-11-13-20(14-12-18)32-19-8-5-4-6-9-19/h3-9,11-15,28H,1,10,16-17H2,2H3,(H,27,31). The monoisotopic (exact) mass is 427 g/mol. The minimum absolute atomic E-state index is 0.207. The van der Waals surface area contributed by atoms with Crippen molar-refractivity contribution in [2.45, 2.75) is 13.0 Å². The Hall–Kier alpha value is -4.13. The number of ether oxygens (including phenoxy) is 1. The first-order chi connectivity index (χ1) is 15.7. The number of nitrogens with one attached hydrogen (secondary N) is 2. The van der Waals surface area contributed by atoms with Gasteiger partial charge in [0.05, 0.1) is 17.8 Å². The molecule has 0 bridgehead atoms. The van der Waals surface area contributed by atoms with Gasteiger partial charge in [-0.05, 0) is 48.7 Å². The molecule has 1 amide bonds. The number of aromatic nitrogens is 2. The number of fused-ring (bicyclic) bond motifs is 1. The molecule has 1 aliphatic heterocycles. The summed E-state index contributed by atoms with van der Waals surface area (Å²) in [5.41, 5.74) is 3.70. The van der Waals surface area contributed by atoms with Crippen LogP contribution >= 0.6 is 0 Å². The second kappa shape index (κ2) is 9.78. The first kappa shape index (κ1) is 21.1. The van der Waals surface area contributed by atoms with Crippen LogP contribution < -0.4 is 15.4 Å². The van der Waals surface area contributed by atoms with E-state index in [1.54, 1.807) is 7.05 Å². The first-order valence-corrected chi connectivity index (χ1v) is 10.4. The summed E-state index contributed by atoms with van der Waals surface area (Å²) in [5.74, 6) is 2.19. The van der Waals surface area contributed by atoms with Gasteiger partial charge in [0.2, 0.25) is 5.91 Å². The predicted octanol–water partition coefficient (Wildman–Crippen LogP) is 4.39. The van der Waals surface area contributed by atoms with Crippen LogP contribution in [0.25, 0.3) is 11.3 Å². The summed E-state index contributed by atoms with van der Waals surface area (Å²) in [6, 6.07) is 17.5. The van der Waals surface area contributed by atoms with Crippen LogP contribution in [0.5, 0.6) is 11.5 Å². The smallest absolute Gasteiger partial charge is 0.243 e. The van der Waals surface area contributed by atoms with Gasteiger partial charge in [0.1, 0.15) is 23.0 Å². The molecule has 0 fully saturated rings. The number of allylic oxidation sites excluding steroid dienone is 1. The second-order valence-corrected chi connectivity index (χ2v) is 7.15. The van der Waals surface area contributed by atoms with E-state index in [0.29, 0.717) is 19.5 Å². The fourth-order valence-corrected chi connectivity index (χ4v) is 3.52. The van der Waals surface area contributed by atoms with Gasteiger partial charge in [0.25, 0.3) is 0 Å². The Balaban J connectivity index is 1.65. The summed E-state index contributed by atoms with van der Waals surface area (Å²) < 4.78 is 7.78. The van der Waals surface area contributed by atoms with Gasteiger partial charge in [-0.3, -0.25) is 9.79 Å². The third kappa shape index (κ3) is 4.62. The molecule has 0 spiro atoms. The van der Waals surface area contributed by atoms with Crippen molar-refractivity contribution in [3.05, 3.63) is 85.1 Å². The molecule has 0 atom stereocenters. The van der Waals surface area contributed by atoms with E-state index < -0.39 is 0 Å². The number of hydrogen-bond acceptors (Lipinski definition) is 5. The largest absolute Gasteiger partial charge is 0.457 e. The van der Waals surface area contributed by atoms with E-state index in [0.717, 1.165) is 39.8 Å². The van der Waals surface area contributed by atoms with Crippen LogP contribution in [0.1, 0.15) is 12.0 Å². The Bertz CT molecular complexity index is 1160. The molecule has 0 unspecified atom stereocenters. The summed E-state index contributed by atoms with van der Waals surface area (Å²) >= 11 is 0. The Morgan fingerprint density at radius 3 is 2.69 bits per heavy atom.